The maximum atomic E-state index is 11.9. The highest BCUT2D eigenvalue weighted by Crippen LogP contribution is 2.28. The third-order valence-electron chi connectivity index (χ3n) is 3.55. The van der Waals surface area contributed by atoms with Crippen LogP contribution in [0.4, 0.5) is 5.69 Å². The van der Waals surface area contributed by atoms with E-state index < -0.39 is 36.7 Å². The van der Waals surface area contributed by atoms with Gasteiger partial charge in [0.2, 0.25) is 0 Å². The summed E-state index contributed by atoms with van der Waals surface area (Å²) >= 11 is 0. The molecule has 0 saturated heterocycles. The first-order valence-corrected chi connectivity index (χ1v) is 7.34. The van der Waals surface area contributed by atoms with Crippen molar-refractivity contribution in [1.29, 1.82) is 0 Å². The van der Waals surface area contributed by atoms with E-state index in [4.69, 9.17) is 4.74 Å². The summed E-state index contributed by atoms with van der Waals surface area (Å²) in [5.74, 6) is -2.57. The Labute approximate surface area is 133 Å². The normalized spacial score (nSPS) is 14.4. The maximum absolute atomic E-state index is 11.9. The van der Waals surface area contributed by atoms with Gasteiger partial charge in [-0.2, -0.15) is 0 Å². The van der Waals surface area contributed by atoms with Gasteiger partial charge in [0.25, 0.3) is 17.6 Å². The highest BCUT2D eigenvalue weighted by atomic mass is 16.5. The van der Waals surface area contributed by atoms with Crippen LogP contribution in [0.15, 0.2) is 24.3 Å². The van der Waals surface area contributed by atoms with Crippen LogP contribution in [0.3, 0.4) is 0 Å². The van der Waals surface area contributed by atoms with Crippen molar-refractivity contribution >= 4 is 29.3 Å². The van der Waals surface area contributed by atoms with E-state index in [1.165, 1.54) is 6.07 Å². The first-order chi connectivity index (χ1) is 10.9. The molecule has 0 radical (unpaired) electrons. The van der Waals surface area contributed by atoms with Gasteiger partial charge in [0.1, 0.15) is 6.54 Å². The number of amides is 2. The van der Waals surface area contributed by atoms with Crippen LogP contribution in [0.5, 0.6) is 0 Å². The van der Waals surface area contributed by atoms with Crippen molar-refractivity contribution in [3.63, 3.8) is 0 Å². The lowest BCUT2D eigenvalue weighted by Crippen LogP contribution is -2.38. The molecule has 0 fully saturated rings. The number of benzene rings is 1. The molecule has 1 aliphatic rings. The molecule has 2 amide bonds. The molecule has 1 N–H and O–H groups in total. The number of ether oxygens (including phenoxy) is 1. The molecule has 122 valence electrons. The van der Waals surface area contributed by atoms with Crippen molar-refractivity contribution < 1.29 is 23.9 Å². The van der Waals surface area contributed by atoms with Gasteiger partial charge in [-0.25, -0.2) is 0 Å². The van der Waals surface area contributed by atoms with Crippen molar-refractivity contribution in [2.75, 3.05) is 18.1 Å². The predicted molar refractivity (Wildman–Crippen MR) is 82.0 cm³/mol. The van der Waals surface area contributed by atoms with Crippen molar-refractivity contribution in [1.82, 2.24) is 5.32 Å². The number of nitrogens with zero attached hydrogens (tertiary/aromatic N) is 1. The molecule has 0 unspecified atom stereocenters. The molecule has 1 aromatic rings. The molecule has 0 aromatic heterocycles. The topological polar surface area (TPSA) is 92.8 Å². The van der Waals surface area contributed by atoms with Crippen LogP contribution in [-0.2, 0) is 19.1 Å². The molecule has 1 atom stereocenters. The lowest BCUT2D eigenvalue weighted by atomic mass is 10.1. The number of nitrogens with one attached hydrogen (secondary N) is 1. The van der Waals surface area contributed by atoms with Gasteiger partial charge < -0.3 is 10.1 Å². The molecule has 1 aliphatic heterocycles. The number of rotatable bonds is 6. The zero-order chi connectivity index (χ0) is 17.0. The third-order valence-corrected chi connectivity index (χ3v) is 3.55. The van der Waals surface area contributed by atoms with E-state index in [1.807, 2.05) is 13.8 Å². The number of carbonyl (C=O) groups excluding carboxylic acids is 4. The summed E-state index contributed by atoms with van der Waals surface area (Å²) in [6.45, 7) is 2.94. The molecule has 1 aromatic carbocycles. The van der Waals surface area contributed by atoms with Gasteiger partial charge in [-0.1, -0.05) is 19.1 Å². The Morgan fingerprint density at radius 2 is 1.96 bits per heavy atom. The zero-order valence-electron chi connectivity index (χ0n) is 13.0. The SMILES string of the molecule is CC[C@H](C)NC(=O)COC(=O)CN1C(=O)C(=O)c2ccccc21. The van der Waals surface area contributed by atoms with Crippen molar-refractivity contribution in [2.24, 2.45) is 0 Å². The highest BCUT2D eigenvalue weighted by Gasteiger charge is 2.36. The van der Waals surface area contributed by atoms with Gasteiger partial charge in [0, 0.05) is 6.04 Å². The Balaban J connectivity index is 1.92. The Morgan fingerprint density at radius 1 is 1.26 bits per heavy atom. The number of hydrogen-bond donors (Lipinski definition) is 1. The standard InChI is InChI=1S/C16H18N2O5/c1-3-10(2)17-13(19)9-23-14(20)8-18-12-7-5-4-6-11(12)15(21)16(18)22/h4-7,10H,3,8-9H2,1-2H3,(H,17,19)/t10-/m0/s1. The largest absolute Gasteiger partial charge is 0.454 e. The number of fused-ring (bicyclic) bond motifs is 1. The van der Waals surface area contributed by atoms with Crippen molar-refractivity contribution in [3.8, 4) is 0 Å². The van der Waals surface area contributed by atoms with Crippen LogP contribution in [0.25, 0.3) is 0 Å². The van der Waals surface area contributed by atoms with Gasteiger partial charge >= 0.3 is 5.97 Å². The summed E-state index contributed by atoms with van der Waals surface area (Å²) in [5, 5.41) is 2.66. The second kappa shape index (κ2) is 7.04. The molecule has 0 aliphatic carbocycles. The summed E-state index contributed by atoms with van der Waals surface area (Å²) in [7, 11) is 0. The smallest absolute Gasteiger partial charge is 0.326 e. The Kier molecular flexibility index (Phi) is 5.10. The van der Waals surface area contributed by atoms with Crippen molar-refractivity contribution in [3.05, 3.63) is 29.8 Å². The fourth-order valence-electron chi connectivity index (χ4n) is 2.14. The summed E-state index contributed by atoms with van der Waals surface area (Å²) in [5.41, 5.74) is 0.642. The molecular formula is C16H18N2O5. The monoisotopic (exact) mass is 318 g/mol. The minimum absolute atomic E-state index is 0.00846. The first-order valence-electron chi connectivity index (χ1n) is 7.34. The Bertz CT molecular complexity index is 656. The number of ketones is 1. The van der Waals surface area contributed by atoms with Crippen LogP contribution in [0, 0.1) is 0 Å². The van der Waals surface area contributed by atoms with Gasteiger partial charge in [0.05, 0.1) is 11.3 Å². The van der Waals surface area contributed by atoms with Crippen LogP contribution >= 0.6 is 0 Å². The zero-order valence-corrected chi connectivity index (χ0v) is 13.0. The van der Waals surface area contributed by atoms with E-state index in [-0.39, 0.29) is 11.6 Å². The van der Waals surface area contributed by atoms with E-state index in [0.29, 0.717) is 5.69 Å². The van der Waals surface area contributed by atoms with Gasteiger partial charge in [-0.15, -0.1) is 0 Å². The lowest BCUT2D eigenvalue weighted by Gasteiger charge is -2.16. The summed E-state index contributed by atoms with van der Waals surface area (Å²) in [6.07, 6.45) is 0.765. The molecule has 0 spiro atoms. The Hall–Kier alpha value is -2.70. The summed E-state index contributed by atoms with van der Waals surface area (Å²) in [6, 6.07) is 6.42. The molecule has 2 rings (SSSR count). The third kappa shape index (κ3) is 3.74. The number of hydrogen-bond acceptors (Lipinski definition) is 5. The fourth-order valence-corrected chi connectivity index (χ4v) is 2.14. The lowest BCUT2D eigenvalue weighted by molar-refractivity contribution is -0.147. The van der Waals surface area contributed by atoms with Gasteiger partial charge in [0.15, 0.2) is 6.61 Å². The molecular weight excluding hydrogens is 300 g/mol. The van der Waals surface area contributed by atoms with Crippen LogP contribution < -0.4 is 10.2 Å². The van der Waals surface area contributed by atoms with E-state index in [0.717, 1.165) is 11.3 Å². The number of esters is 1. The summed E-state index contributed by atoms with van der Waals surface area (Å²) < 4.78 is 4.85. The fraction of sp³-hybridized carbons (Fsp3) is 0.375. The quantitative estimate of drug-likeness (QED) is 0.615. The molecule has 0 saturated carbocycles. The van der Waals surface area contributed by atoms with Crippen LogP contribution in [0.2, 0.25) is 0 Å². The van der Waals surface area contributed by atoms with Gasteiger partial charge in [-0.3, -0.25) is 24.1 Å². The number of carbonyl (C=O) groups is 4. The summed E-state index contributed by atoms with van der Waals surface area (Å²) in [4.78, 5) is 48.1. The maximum Gasteiger partial charge on any atom is 0.326 e. The predicted octanol–water partition coefficient (Wildman–Crippen LogP) is 0.674. The number of anilines is 1. The first kappa shape index (κ1) is 16.7. The minimum Gasteiger partial charge on any atom is -0.454 e. The van der Waals surface area contributed by atoms with E-state index in [9.17, 15) is 19.2 Å². The average Bonchev–Trinajstić information content (AvgIpc) is 2.78. The van der Waals surface area contributed by atoms with E-state index in [2.05, 4.69) is 5.32 Å². The highest BCUT2D eigenvalue weighted by molar-refractivity contribution is 6.52. The Morgan fingerprint density at radius 3 is 2.65 bits per heavy atom. The van der Waals surface area contributed by atoms with Crippen molar-refractivity contribution in [2.45, 2.75) is 26.3 Å². The van der Waals surface area contributed by atoms with Crippen LogP contribution in [0.1, 0.15) is 30.6 Å². The number of Topliss-reactive ketones (excluding diaryl/α,β-unsaturated/α-hetero) is 1. The molecule has 7 heteroatoms. The van der Waals surface area contributed by atoms with E-state index in [1.54, 1.807) is 18.2 Å². The molecule has 0 bridgehead atoms. The average molecular weight is 318 g/mol. The molecule has 7 nitrogen and oxygen atoms in total. The van der Waals surface area contributed by atoms with Crippen LogP contribution in [-0.4, -0.2) is 42.8 Å². The van der Waals surface area contributed by atoms with Gasteiger partial charge in [-0.05, 0) is 25.5 Å². The second-order valence-electron chi connectivity index (χ2n) is 5.28. The number of para-hydroxylation sites is 1. The van der Waals surface area contributed by atoms with E-state index >= 15 is 0 Å². The molecule has 1 heterocycles. The second-order valence-corrected chi connectivity index (χ2v) is 5.28. The molecule has 23 heavy (non-hydrogen) atoms. The minimum atomic E-state index is -0.771.